The molecule has 0 bridgehead atoms. The summed E-state index contributed by atoms with van der Waals surface area (Å²) in [6.45, 7) is 4.45. The SMILES string of the molecule is Cc1noc(C)c1CC(=O)N1CCC[C@@H]1c1ccc(Nc2ncccn2)cn1. The van der Waals surface area contributed by atoms with Crippen molar-refractivity contribution in [2.45, 2.75) is 39.2 Å². The number of amides is 1. The van der Waals surface area contributed by atoms with Crippen molar-refractivity contribution in [1.82, 2.24) is 25.0 Å². The van der Waals surface area contributed by atoms with E-state index >= 15 is 0 Å². The first-order chi connectivity index (χ1) is 13.6. The van der Waals surface area contributed by atoms with E-state index in [0.717, 1.165) is 42.0 Å². The molecule has 1 saturated heterocycles. The van der Waals surface area contributed by atoms with E-state index in [9.17, 15) is 4.79 Å². The van der Waals surface area contributed by atoms with E-state index in [4.69, 9.17) is 4.52 Å². The zero-order valence-corrected chi connectivity index (χ0v) is 15.9. The van der Waals surface area contributed by atoms with Crippen molar-refractivity contribution < 1.29 is 9.32 Å². The predicted octanol–water partition coefficient (Wildman–Crippen LogP) is 3.13. The second-order valence-corrected chi connectivity index (χ2v) is 6.89. The van der Waals surface area contributed by atoms with Gasteiger partial charge in [-0.2, -0.15) is 0 Å². The number of anilines is 2. The Labute approximate surface area is 163 Å². The highest BCUT2D eigenvalue weighted by atomic mass is 16.5. The van der Waals surface area contributed by atoms with Crippen molar-refractivity contribution in [2.24, 2.45) is 0 Å². The van der Waals surface area contributed by atoms with Gasteiger partial charge in [0.05, 0.1) is 35.7 Å². The van der Waals surface area contributed by atoms with Gasteiger partial charge in [-0.25, -0.2) is 9.97 Å². The Hall–Kier alpha value is -3.29. The summed E-state index contributed by atoms with van der Waals surface area (Å²) in [6, 6.07) is 5.65. The van der Waals surface area contributed by atoms with Crippen LogP contribution in [0.1, 0.15) is 41.6 Å². The molecule has 1 fully saturated rings. The van der Waals surface area contributed by atoms with Crippen molar-refractivity contribution in [1.29, 1.82) is 0 Å². The van der Waals surface area contributed by atoms with Crippen LogP contribution < -0.4 is 5.32 Å². The van der Waals surface area contributed by atoms with Gasteiger partial charge in [0.1, 0.15) is 5.76 Å². The summed E-state index contributed by atoms with van der Waals surface area (Å²) in [6.07, 6.45) is 7.30. The van der Waals surface area contributed by atoms with Crippen LogP contribution in [0.5, 0.6) is 0 Å². The molecule has 0 radical (unpaired) electrons. The van der Waals surface area contributed by atoms with Crippen molar-refractivity contribution >= 4 is 17.5 Å². The van der Waals surface area contributed by atoms with Crippen LogP contribution >= 0.6 is 0 Å². The maximum atomic E-state index is 12.9. The molecule has 144 valence electrons. The molecule has 1 N–H and O–H groups in total. The lowest BCUT2D eigenvalue weighted by Gasteiger charge is -2.24. The number of hydrogen-bond acceptors (Lipinski definition) is 7. The third-order valence-corrected chi connectivity index (χ3v) is 5.03. The molecule has 3 aromatic rings. The van der Waals surface area contributed by atoms with Gasteiger partial charge in [-0.15, -0.1) is 0 Å². The van der Waals surface area contributed by atoms with Crippen molar-refractivity contribution in [3.05, 3.63) is 59.5 Å². The van der Waals surface area contributed by atoms with Gasteiger partial charge < -0.3 is 14.7 Å². The Balaban J connectivity index is 1.46. The second kappa shape index (κ2) is 7.75. The number of rotatable bonds is 5. The topological polar surface area (TPSA) is 97.0 Å². The quantitative estimate of drug-likeness (QED) is 0.728. The molecule has 0 spiro atoms. The van der Waals surface area contributed by atoms with Crippen LogP contribution in [-0.2, 0) is 11.2 Å². The van der Waals surface area contributed by atoms with Crippen molar-refractivity contribution in [3.63, 3.8) is 0 Å². The summed E-state index contributed by atoms with van der Waals surface area (Å²) >= 11 is 0. The lowest BCUT2D eigenvalue weighted by molar-refractivity contribution is -0.131. The fourth-order valence-electron chi connectivity index (χ4n) is 3.55. The minimum absolute atomic E-state index is 0.00463. The smallest absolute Gasteiger partial charge is 0.227 e. The molecule has 8 heteroatoms. The Kier molecular flexibility index (Phi) is 5.01. The van der Waals surface area contributed by atoms with Gasteiger partial charge >= 0.3 is 0 Å². The van der Waals surface area contributed by atoms with Crippen molar-refractivity contribution in [3.8, 4) is 0 Å². The first-order valence-corrected chi connectivity index (χ1v) is 9.33. The maximum absolute atomic E-state index is 12.9. The molecule has 0 aliphatic carbocycles. The highest BCUT2D eigenvalue weighted by Crippen LogP contribution is 2.32. The summed E-state index contributed by atoms with van der Waals surface area (Å²) in [5, 5.41) is 7.06. The van der Waals surface area contributed by atoms with Gasteiger partial charge in [0.2, 0.25) is 11.9 Å². The fourth-order valence-corrected chi connectivity index (χ4v) is 3.55. The number of likely N-dealkylation sites (tertiary alicyclic amines) is 1. The highest BCUT2D eigenvalue weighted by molar-refractivity contribution is 5.80. The average Bonchev–Trinajstić information content (AvgIpc) is 3.32. The number of carbonyl (C=O) groups excluding carboxylic acids is 1. The van der Waals surface area contributed by atoms with E-state index in [0.29, 0.717) is 18.1 Å². The number of pyridine rings is 1. The molecule has 4 rings (SSSR count). The molecule has 3 aromatic heterocycles. The van der Waals surface area contributed by atoms with E-state index in [1.54, 1.807) is 24.7 Å². The van der Waals surface area contributed by atoms with E-state index in [1.807, 2.05) is 30.9 Å². The van der Waals surface area contributed by atoms with E-state index < -0.39 is 0 Å². The minimum Gasteiger partial charge on any atom is -0.361 e. The minimum atomic E-state index is -0.00463. The van der Waals surface area contributed by atoms with E-state index in [-0.39, 0.29) is 11.9 Å². The largest absolute Gasteiger partial charge is 0.361 e. The molecule has 1 aliphatic rings. The summed E-state index contributed by atoms with van der Waals surface area (Å²) in [4.78, 5) is 27.7. The molecule has 1 amide bonds. The van der Waals surface area contributed by atoms with Crippen LogP contribution in [0.2, 0.25) is 0 Å². The number of aromatic nitrogens is 4. The normalized spacial score (nSPS) is 16.4. The number of nitrogens with one attached hydrogen (secondary N) is 1. The van der Waals surface area contributed by atoms with Crippen LogP contribution in [0.4, 0.5) is 11.6 Å². The summed E-state index contributed by atoms with van der Waals surface area (Å²) in [5.41, 5.74) is 3.36. The Morgan fingerprint density at radius 2 is 2.07 bits per heavy atom. The van der Waals surface area contributed by atoms with Crippen LogP contribution in [0, 0.1) is 13.8 Å². The standard InChI is InChI=1S/C20H22N6O2/c1-13-16(14(2)28-25-13)11-19(27)26-10-3-5-18(26)17-7-6-15(12-23-17)24-20-21-8-4-9-22-20/h4,6-9,12,18H,3,5,10-11H2,1-2H3,(H,21,22,24)/t18-/m1/s1. The zero-order valence-electron chi connectivity index (χ0n) is 15.9. The van der Waals surface area contributed by atoms with Gasteiger partial charge in [0.25, 0.3) is 0 Å². The molecular weight excluding hydrogens is 356 g/mol. The lowest BCUT2D eigenvalue weighted by Crippen LogP contribution is -2.32. The Morgan fingerprint density at radius 1 is 1.25 bits per heavy atom. The molecule has 1 aliphatic heterocycles. The molecule has 0 unspecified atom stereocenters. The third kappa shape index (κ3) is 3.71. The predicted molar refractivity (Wildman–Crippen MR) is 103 cm³/mol. The molecule has 0 aromatic carbocycles. The van der Waals surface area contributed by atoms with Crippen LogP contribution in [0.15, 0.2) is 41.3 Å². The fraction of sp³-hybridized carbons (Fsp3) is 0.350. The molecule has 4 heterocycles. The summed E-state index contributed by atoms with van der Waals surface area (Å²) in [7, 11) is 0. The van der Waals surface area contributed by atoms with Gasteiger partial charge in [0, 0.05) is 24.5 Å². The van der Waals surface area contributed by atoms with Gasteiger partial charge in [-0.1, -0.05) is 5.16 Å². The average molecular weight is 378 g/mol. The maximum Gasteiger partial charge on any atom is 0.227 e. The van der Waals surface area contributed by atoms with Gasteiger partial charge in [-0.3, -0.25) is 9.78 Å². The van der Waals surface area contributed by atoms with Crippen LogP contribution in [-0.4, -0.2) is 37.5 Å². The molecule has 1 atom stereocenters. The second-order valence-electron chi connectivity index (χ2n) is 6.89. The lowest BCUT2D eigenvalue weighted by atomic mass is 10.1. The molecular formula is C20H22N6O2. The molecule has 28 heavy (non-hydrogen) atoms. The zero-order chi connectivity index (χ0) is 19.5. The van der Waals surface area contributed by atoms with Crippen LogP contribution in [0.25, 0.3) is 0 Å². The third-order valence-electron chi connectivity index (χ3n) is 5.03. The van der Waals surface area contributed by atoms with Crippen LogP contribution in [0.3, 0.4) is 0 Å². The van der Waals surface area contributed by atoms with Crippen molar-refractivity contribution in [2.75, 3.05) is 11.9 Å². The Morgan fingerprint density at radius 3 is 2.75 bits per heavy atom. The van der Waals surface area contributed by atoms with E-state index in [2.05, 4.69) is 25.4 Å². The number of carbonyl (C=O) groups is 1. The summed E-state index contributed by atoms with van der Waals surface area (Å²) < 4.78 is 5.18. The first-order valence-electron chi connectivity index (χ1n) is 9.33. The number of hydrogen-bond donors (Lipinski definition) is 1. The summed E-state index contributed by atoms with van der Waals surface area (Å²) in [5.74, 6) is 1.31. The first kappa shape index (κ1) is 18.1. The van der Waals surface area contributed by atoms with Gasteiger partial charge in [0.15, 0.2) is 0 Å². The number of aryl methyl sites for hydroxylation is 2. The van der Waals surface area contributed by atoms with E-state index in [1.165, 1.54) is 0 Å². The monoisotopic (exact) mass is 378 g/mol. The number of nitrogens with zero attached hydrogens (tertiary/aromatic N) is 5. The molecule has 0 saturated carbocycles. The highest BCUT2D eigenvalue weighted by Gasteiger charge is 2.31. The molecule has 8 nitrogen and oxygen atoms in total. The van der Waals surface area contributed by atoms with Gasteiger partial charge in [-0.05, 0) is 44.9 Å². The Bertz CT molecular complexity index is 935.